The zero-order valence-corrected chi connectivity index (χ0v) is 13.1. The van der Waals surface area contributed by atoms with E-state index in [0.717, 1.165) is 0 Å². The molecule has 1 aromatic rings. The highest BCUT2D eigenvalue weighted by Crippen LogP contribution is 2.34. The predicted octanol–water partition coefficient (Wildman–Crippen LogP) is 3.40. The van der Waals surface area contributed by atoms with Gasteiger partial charge in [0.1, 0.15) is 0 Å². The van der Waals surface area contributed by atoms with Gasteiger partial charge in [0.2, 0.25) is 0 Å². The Morgan fingerprint density at radius 3 is 1.89 bits per heavy atom. The summed E-state index contributed by atoms with van der Waals surface area (Å²) in [6.07, 6.45) is 2.62. The molecule has 2 rings (SSSR count). The van der Waals surface area contributed by atoms with Gasteiger partial charge in [-0.2, -0.15) is 0 Å². The minimum Gasteiger partial charge on any atom is -0.326 e. The van der Waals surface area contributed by atoms with Crippen molar-refractivity contribution in [1.82, 2.24) is 4.90 Å². The van der Waals surface area contributed by atoms with Crippen molar-refractivity contribution in [3.8, 4) is 0 Å². The molecular weight excluding hydrogens is 232 g/mol. The number of nitrogens with zero attached hydrogens (tertiary/aromatic N) is 1. The number of rotatable bonds is 3. The van der Waals surface area contributed by atoms with Gasteiger partial charge in [-0.05, 0) is 88.4 Å². The minimum atomic E-state index is 0.177. The molecule has 2 N–H and O–H groups in total. The Morgan fingerprint density at radius 2 is 1.47 bits per heavy atom. The maximum Gasteiger partial charge on any atom is 0.0501 e. The van der Waals surface area contributed by atoms with Crippen LogP contribution < -0.4 is 5.73 Å². The van der Waals surface area contributed by atoms with Crippen molar-refractivity contribution in [3.63, 3.8) is 0 Å². The fourth-order valence-electron chi connectivity index (χ4n) is 3.49. The normalized spacial score (nSPS) is 19.7. The monoisotopic (exact) mass is 260 g/mol. The van der Waals surface area contributed by atoms with Crippen LogP contribution in [-0.2, 0) is 0 Å². The summed E-state index contributed by atoms with van der Waals surface area (Å²) in [6, 6.07) is 2.86. The summed E-state index contributed by atoms with van der Waals surface area (Å²) in [5.74, 6) is 0. The standard InChI is InChI=1S/C17H28N2/c1-11-10-12(2)14(4)16(13(11)3)17(15(5)18)19-8-6-7-9-19/h10,15,17H,6-9,18H2,1-5H3. The van der Waals surface area contributed by atoms with Crippen LogP contribution in [0, 0.1) is 27.7 Å². The number of aryl methyl sites for hydroxylation is 2. The molecule has 2 unspecified atom stereocenters. The van der Waals surface area contributed by atoms with E-state index in [9.17, 15) is 0 Å². The van der Waals surface area contributed by atoms with E-state index >= 15 is 0 Å². The first kappa shape index (κ1) is 14.5. The van der Waals surface area contributed by atoms with Gasteiger partial charge in [0.05, 0.1) is 6.04 Å². The zero-order valence-electron chi connectivity index (χ0n) is 13.1. The van der Waals surface area contributed by atoms with E-state index in [1.807, 2.05) is 0 Å². The topological polar surface area (TPSA) is 29.3 Å². The summed E-state index contributed by atoms with van der Waals surface area (Å²) in [7, 11) is 0. The van der Waals surface area contributed by atoms with Gasteiger partial charge in [-0.3, -0.25) is 4.90 Å². The molecule has 1 heterocycles. The van der Waals surface area contributed by atoms with Crippen LogP contribution in [0.1, 0.15) is 53.6 Å². The number of nitrogens with two attached hydrogens (primary N) is 1. The first-order chi connectivity index (χ1) is 8.93. The molecule has 106 valence electrons. The number of hydrogen-bond donors (Lipinski definition) is 1. The predicted molar refractivity (Wildman–Crippen MR) is 82.6 cm³/mol. The highest BCUT2D eigenvalue weighted by Gasteiger charge is 2.29. The zero-order chi connectivity index (χ0) is 14.2. The SMILES string of the molecule is Cc1cc(C)c(C)c(C(C(C)N)N2CCCC2)c1C. The van der Waals surface area contributed by atoms with Crippen LogP contribution in [0.15, 0.2) is 6.07 Å². The Bertz CT molecular complexity index is 431. The van der Waals surface area contributed by atoms with Crippen LogP contribution in [-0.4, -0.2) is 24.0 Å². The first-order valence-electron chi connectivity index (χ1n) is 7.50. The third kappa shape index (κ3) is 2.70. The first-order valence-corrected chi connectivity index (χ1v) is 7.50. The van der Waals surface area contributed by atoms with Crippen molar-refractivity contribution in [1.29, 1.82) is 0 Å². The fourth-order valence-corrected chi connectivity index (χ4v) is 3.49. The maximum absolute atomic E-state index is 6.34. The van der Waals surface area contributed by atoms with E-state index in [1.165, 1.54) is 53.7 Å². The second-order valence-corrected chi connectivity index (χ2v) is 6.22. The molecule has 0 bridgehead atoms. The molecule has 1 aliphatic rings. The quantitative estimate of drug-likeness (QED) is 0.902. The molecule has 2 atom stereocenters. The highest BCUT2D eigenvalue weighted by molar-refractivity contribution is 5.46. The Balaban J connectivity index is 2.52. The van der Waals surface area contributed by atoms with E-state index in [1.54, 1.807) is 0 Å². The highest BCUT2D eigenvalue weighted by atomic mass is 15.2. The summed E-state index contributed by atoms with van der Waals surface area (Å²) in [4.78, 5) is 2.58. The average Bonchev–Trinajstić information content (AvgIpc) is 2.85. The molecule has 2 heteroatoms. The Labute approximate surface area is 118 Å². The molecule has 1 fully saturated rings. The van der Waals surface area contributed by atoms with Crippen molar-refractivity contribution in [3.05, 3.63) is 33.9 Å². The molecule has 1 saturated heterocycles. The summed E-state index contributed by atoms with van der Waals surface area (Å²) in [5.41, 5.74) is 13.5. The summed E-state index contributed by atoms with van der Waals surface area (Å²) < 4.78 is 0. The van der Waals surface area contributed by atoms with Crippen LogP contribution in [0.2, 0.25) is 0 Å². The van der Waals surface area contributed by atoms with Gasteiger partial charge in [0, 0.05) is 6.04 Å². The van der Waals surface area contributed by atoms with E-state index in [4.69, 9.17) is 5.73 Å². The number of benzene rings is 1. The summed E-state index contributed by atoms with van der Waals surface area (Å²) in [6.45, 7) is 13.5. The van der Waals surface area contributed by atoms with Crippen LogP contribution in [0.3, 0.4) is 0 Å². The lowest BCUT2D eigenvalue weighted by atomic mass is 9.86. The van der Waals surface area contributed by atoms with Gasteiger partial charge in [-0.15, -0.1) is 0 Å². The number of likely N-dealkylation sites (tertiary alicyclic amines) is 1. The molecule has 19 heavy (non-hydrogen) atoms. The van der Waals surface area contributed by atoms with Gasteiger partial charge in [-0.1, -0.05) is 6.07 Å². The second-order valence-electron chi connectivity index (χ2n) is 6.22. The lowest BCUT2D eigenvalue weighted by Gasteiger charge is -2.34. The molecule has 0 radical (unpaired) electrons. The molecule has 0 spiro atoms. The third-order valence-electron chi connectivity index (χ3n) is 4.75. The lowest BCUT2D eigenvalue weighted by Crippen LogP contribution is -2.39. The molecule has 1 aromatic carbocycles. The van der Waals surface area contributed by atoms with Gasteiger partial charge in [-0.25, -0.2) is 0 Å². The van der Waals surface area contributed by atoms with E-state index in [0.29, 0.717) is 6.04 Å². The Morgan fingerprint density at radius 1 is 1.00 bits per heavy atom. The Hall–Kier alpha value is -0.860. The van der Waals surface area contributed by atoms with Crippen molar-refractivity contribution in [2.24, 2.45) is 5.73 Å². The summed E-state index contributed by atoms with van der Waals surface area (Å²) >= 11 is 0. The van der Waals surface area contributed by atoms with E-state index in [2.05, 4.69) is 45.6 Å². The van der Waals surface area contributed by atoms with Crippen LogP contribution in [0.4, 0.5) is 0 Å². The molecule has 0 aliphatic carbocycles. The molecule has 2 nitrogen and oxygen atoms in total. The fraction of sp³-hybridized carbons (Fsp3) is 0.647. The van der Waals surface area contributed by atoms with Crippen molar-refractivity contribution >= 4 is 0 Å². The third-order valence-corrected chi connectivity index (χ3v) is 4.75. The minimum absolute atomic E-state index is 0.177. The molecule has 0 amide bonds. The molecule has 1 aliphatic heterocycles. The van der Waals surface area contributed by atoms with Crippen LogP contribution in [0.25, 0.3) is 0 Å². The number of hydrogen-bond acceptors (Lipinski definition) is 2. The van der Waals surface area contributed by atoms with Gasteiger partial charge < -0.3 is 5.73 Å². The van der Waals surface area contributed by atoms with E-state index < -0.39 is 0 Å². The molecular formula is C17H28N2. The van der Waals surface area contributed by atoms with Gasteiger partial charge >= 0.3 is 0 Å². The molecule has 0 saturated carbocycles. The lowest BCUT2D eigenvalue weighted by molar-refractivity contribution is 0.217. The molecule has 0 aromatic heterocycles. The average molecular weight is 260 g/mol. The van der Waals surface area contributed by atoms with Crippen molar-refractivity contribution in [2.45, 2.75) is 59.5 Å². The summed E-state index contributed by atoms with van der Waals surface area (Å²) in [5, 5.41) is 0. The van der Waals surface area contributed by atoms with Crippen molar-refractivity contribution in [2.75, 3.05) is 13.1 Å². The maximum atomic E-state index is 6.34. The second kappa shape index (κ2) is 5.64. The largest absolute Gasteiger partial charge is 0.326 e. The Kier molecular flexibility index (Phi) is 4.32. The van der Waals surface area contributed by atoms with Crippen LogP contribution >= 0.6 is 0 Å². The van der Waals surface area contributed by atoms with Gasteiger partial charge in [0.15, 0.2) is 0 Å². The van der Waals surface area contributed by atoms with Crippen LogP contribution in [0.5, 0.6) is 0 Å². The van der Waals surface area contributed by atoms with E-state index in [-0.39, 0.29) is 6.04 Å². The van der Waals surface area contributed by atoms with Gasteiger partial charge in [0.25, 0.3) is 0 Å². The smallest absolute Gasteiger partial charge is 0.0501 e. The van der Waals surface area contributed by atoms with Crippen molar-refractivity contribution < 1.29 is 0 Å².